The van der Waals surface area contributed by atoms with E-state index in [0.29, 0.717) is 10.7 Å². The van der Waals surface area contributed by atoms with Gasteiger partial charge >= 0.3 is 11.9 Å². The Morgan fingerprint density at radius 3 is 2.48 bits per heavy atom. The molecule has 0 saturated carbocycles. The second kappa shape index (κ2) is 6.18. The first-order valence-corrected chi connectivity index (χ1v) is 7.46. The van der Waals surface area contributed by atoms with Crippen molar-refractivity contribution >= 4 is 23.7 Å². The molecule has 1 aromatic carbocycles. The fourth-order valence-electron chi connectivity index (χ4n) is 2.12. The number of carboxylic acids is 2. The molecule has 1 atom stereocenters. The number of hydrogen-bond acceptors (Lipinski definition) is 3. The lowest BCUT2D eigenvalue weighted by atomic mass is 9.80. The summed E-state index contributed by atoms with van der Waals surface area (Å²) in [6, 6.07) is 9.76. The van der Waals surface area contributed by atoms with Gasteiger partial charge in [0, 0.05) is 16.2 Å². The van der Waals surface area contributed by atoms with Crippen LogP contribution in [0.25, 0.3) is 0 Å². The van der Waals surface area contributed by atoms with Gasteiger partial charge in [0.05, 0.1) is 5.41 Å². The van der Waals surface area contributed by atoms with Crippen molar-refractivity contribution in [2.75, 3.05) is 0 Å². The van der Waals surface area contributed by atoms with E-state index in [1.807, 2.05) is 30.3 Å². The number of thioether (sulfide) groups is 1. The highest BCUT2D eigenvalue weighted by Gasteiger charge is 2.36. The van der Waals surface area contributed by atoms with E-state index in [4.69, 9.17) is 5.11 Å². The van der Waals surface area contributed by atoms with Crippen LogP contribution in [0.4, 0.5) is 0 Å². The smallest absolute Gasteiger partial charge is 0.331 e. The molecule has 0 saturated heterocycles. The quantitative estimate of drug-likeness (QED) is 0.873. The number of rotatable bonds is 5. The number of carboxylic acid groups (broad SMARTS) is 2. The molecule has 110 valence electrons. The van der Waals surface area contributed by atoms with Crippen LogP contribution < -0.4 is 0 Å². The summed E-state index contributed by atoms with van der Waals surface area (Å²) in [6.07, 6.45) is 3.23. The predicted molar refractivity (Wildman–Crippen MR) is 81.9 cm³/mol. The van der Waals surface area contributed by atoms with Crippen LogP contribution in [0.3, 0.4) is 0 Å². The maximum atomic E-state index is 11.4. The number of aliphatic carboxylic acids is 2. The van der Waals surface area contributed by atoms with Crippen molar-refractivity contribution in [2.45, 2.75) is 19.1 Å². The van der Waals surface area contributed by atoms with Crippen LogP contribution >= 0.6 is 11.8 Å². The van der Waals surface area contributed by atoms with E-state index < -0.39 is 17.4 Å². The Balaban J connectivity index is 2.20. The molecule has 5 heteroatoms. The highest BCUT2D eigenvalue weighted by Crippen LogP contribution is 2.38. The molecule has 0 radical (unpaired) electrons. The van der Waals surface area contributed by atoms with E-state index in [-0.39, 0.29) is 12.0 Å². The van der Waals surface area contributed by atoms with Crippen molar-refractivity contribution in [3.8, 4) is 0 Å². The molecular weight excluding hydrogens is 288 g/mol. The van der Waals surface area contributed by atoms with E-state index in [1.165, 1.54) is 11.8 Å². The second-order valence-electron chi connectivity index (χ2n) is 5.20. The Hall–Kier alpha value is -2.01. The molecular formula is C16H16O4S. The van der Waals surface area contributed by atoms with Crippen molar-refractivity contribution in [2.24, 2.45) is 5.41 Å². The molecule has 0 amide bonds. The van der Waals surface area contributed by atoms with Crippen LogP contribution in [-0.2, 0) is 15.3 Å². The summed E-state index contributed by atoms with van der Waals surface area (Å²) in [7, 11) is 0. The van der Waals surface area contributed by atoms with Crippen molar-refractivity contribution < 1.29 is 19.8 Å². The number of allylic oxidation sites excluding steroid dienone is 1. The van der Waals surface area contributed by atoms with Gasteiger partial charge in [0.25, 0.3) is 0 Å². The minimum Gasteiger partial charge on any atom is -0.481 e. The van der Waals surface area contributed by atoms with Gasteiger partial charge in [-0.15, -0.1) is 11.8 Å². The minimum atomic E-state index is -1.17. The molecule has 0 bridgehead atoms. The fraction of sp³-hybridized carbons (Fsp3) is 0.250. The van der Waals surface area contributed by atoms with Crippen LogP contribution in [0.15, 0.2) is 53.0 Å². The molecule has 0 heterocycles. The lowest BCUT2D eigenvalue weighted by molar-refractivity contribution is -0.145. The van der Waals surface area contributed by atoms with Crippen molar-refractivity contribution in [1.82, 2.24) is 0 Å². The lowest BCUT2D eigenvalue weighted by Crippen LogP contribution is -2.29. The van der Waals surface area contributed by atoms with E-state index in [1.54, 1.807) is 19.1 Å². The first-order valence-electron chi connectivity index (χ1n) is 6.47. The van der Waals surface area contributed by atoms with Gasteiger partial charge in [-0.2, -0.15) is 0 Å². The maximum absolute atomic E-state index is 11.4. The third kappa shape index (κ3) is 3.76. The van der Waals surface area contributed by atoms with Crippen LogP contribution in [0.2, 0.25) is 0 Å². The monoisotopic (exact) mass is 304 g/mol. The SMILES string of the molecule is CC1(C(=O)O)C=C(SCc2ccccc2)C=C(C(=O)O)C1. The fourth-order valence-corrected chi connectivity index (χ4v) is 3.22. The van der Waals surface area contributed by atoms with Crippen molar-refractivity contribution in [3.05, 3.63) is 58.5 Å². The van der Waals surface area contributed by atoms with Gasteiger partial charge in [-0.3, -0.25) is 4.79 Å². The molecule has 21 heavy (non-hydrogen) atoms. The Morgan fingerprint density at radius 1 is 1.24 bits per heavy atom. The third-order valence-electron chi connectivity index (χ3n) is 3.35. The second-order valence-corrected chi connectivity index (χ2v) is 6.24. The van der Waals surface area contributed by atoms with Gasteiger partial charge in [-0.1, -0.05) is 36.4 Å². The molecule has 0 aromatic heterocycles. The van der Waals surface area contributed by atoms with Crippen LogP contribution in [0.5, 0.6) is 0 Å². The summed E-state index contributed by atoms with van der Waals surface area (Å²) in [6.45, 7) is 1.55. The Labute approximate surface area is 127 Å². The summed E-state index contributed by atoms with van der Waals surface area (Å²) in [5.74, 6) is -1.40. The molecule has 1 aliphatic rings. The van der Waals surface area contributed by atoms with E-state index in [2.05, 4.69) is 0 Å². The summed E-state index contributed by atoms with van der Waals surface area (Å²) >= 11 is 1.45. The van der Waals surface area contributed by atoms with Crippen molar-refractivity contribution in [1.29, 1.82) is 0 Å². The molecule has 2 N–H and O–H groups in total. The highest BCUT2D eigenvalue weighted by atomic mass is 32.2. The Kier molecular flexibility index (Phi) is 4.53. The first-order chi connectivity index (χ1) is 9.90. The Morgan fingerprint density at radius 2 is 1.90 bits per heavy atom. The topological polar surface area (TPSA) is 74.6 Å². The number of carbonyl (C=O) groups is 2. The first kappa shape index (κ1) is 15.4. The minimum absolute atomic E-state index is 0.00701. The largest absolute Gasteiger partial charge is 0.481 e. The zero-order valence-electron chi connectivity index (χ0n) is 11.6. The molecule has 1 aliphatic carbocycles. The van der Waals surface area contributed by atoms with Gasteiger partial charge in [0.2, 0.25) is 0 Å². The van der Waals surface area contributed by atoms with Gasteiger partial charge in [0.15, 0.2) is 0 Å². The maximum Gasteiger partial charge on any atom is 0.331 e. The van der Waals surface area contributed by atoms with Crippen molar-refractivity contribution in [3.63, 3.8) is 0 Å². The van der Waals surface area contributed by atoms with Gasteiger partial charge < -0.3 is 10.2 Å². The summed E-state index contributed by atoms with van der Waals surface area (Å²) in [4.78, 5) is 23.3. The van der Waals surface area contributed by atoms with Gasteiger partial charge in [-0.25, -0.2) is 4.79 Å². The third-order valence-corrected chi connectivity index (χ3v) is 4.39. The average molecular weight is 304 g/mol. The number of hydrogen-bond donors (Lipinski definition) is 2. The zero-order chi connectivity index (χ0) is 15.5. The molecule has 0 aliphatic heterocycles. The zero-order valence-corrected chi connectivity index (χ0v) is 12.4. The predicted octanol–water partition coefficient (Wildman–Crippen LogP) is 3.31. The molecule has 1 unspecified atom stereocenters. The van der Waals surface area contributed by atoms with Crippen LogP contribution in [-0.4, -0.2) is 22.2 Å². The van der Waals surface area contributed by atoms with E-state index in [0.717, 1.165) is 5.56 Å². The number of benzene rings is 1. The molecule has 0 spiro atoms. The molecule has 1 aromatic rings. The van der Waals surface area contributed by atoms with Gasteiger partial charge in [0.1, 0.15) is 0 Å². The Bertz CT molecular complexity index is 618. The molecule has 4 nitrogen and oxygen atoms in total. The molecule has 2 rings (SSSR count). The van der Waals surface area contributed by atoms with Gasteiger partial charge in [-0.05, 0) is 25.0 Å². The standard InChI is InChI=1S/C16H16O4S/c1-16(15(19)20)8-12(14(17)18)7-13(9-16)21-10-11-5-3-2-4-6-11/h2-7,9H,8,10H2,1H3,(H,17,18)(H,19,20). The van der Waals surface area contributed by atoms with Crippen LogP contribution in [0, 0.1) is 5.41 Å². The summed E-state index contributed by atoms with van der Waals surface area (Å²) in [5.41, 5.74) is 0.0795. The lowest BCUT2D eigenvalue weighted by Gasteiger charge is -2.26. The van der Waals surface area contributed by atoms with Crippen LogP contribution in [0.1, 0.15) is 18.9 Å². The molecule has 0 fully saturated rings. The highest BCUT2D eigenvalue weighted by molar-refractivity contribution is 8.02. The van der Waals surface area contributed by atoms with E-state index in [9.17, 15) is 14.7 Å². The normalized spacial score (nSPS) is 21.4. The van der Waals surface area contributed by atoms with E-state index >= 15 is 0 Å². The average Bonchev–Trinajstić information content (AvgIpc) is 2.45. The summed E-state index contributed by atoms with van der Waals surface area (Å²) < 4.78 is 0. The summed E-state index contributed by atoms with van der Waals surface area (Å²) in [5, 5.41) is 18.5.